The van der Waals surface area contributed by atoms with Crippen LogP contribution in [0.4, 0.5) is 31.1 Å². The molecule has 3 aliphatic heterocycles. The van der Waals surface area contributed by atoms with Gasteiger partial charge in [0.25, 0.3) is 0 Å². The first kappa shape index (κ1) is 27.5. The standard InChI is InChI=1S/C23H24F6N4O3S/c24-22(25,26)15-2-1-14(17(8-15)23(27,28)29)9-32-5-3-13(4-6-32)7-18-20(31-21(35)37-18)33(10-19(30)34)16-11-36-12-16/h1-2,7-8,13,16H,3-6,9-12H2,(H2,30,34)/b18-7-. The molecule has 0 atom stereocenters. The zero-order valence-corrected chi connectivity index (χ0v) is 20.3. The van der Waals surface area contributed by atoms with E-state index in [1.165, 1.54) is 0 Å². The number of benzene rings is 1. The number of rotatable bonds is 6. The number of carbonyl (C=O) groups is 2. The lowest BCUT2D eigenvalue weighted by molar-refractivity contribution is -0.143. The molecule has 0 bridgehead atoms. The predicted octanol–water partition coefficient (Wildman–Crippen LogP) is 4.27. The largest absolute Gasteiger partial charge is 0.416 e. The second kappa shape index (κ2) is 10.7. The number of primary amides is 1. The summed E-state index contributed by atoms with van der Waals surface area (Å²) in [7, 11) is 0. The van der Waals surface area contributed by atoms with E-state index in [1.54, 1.807) is 9.80 Å². The van der Waals surface area contributed by atoms with Crippen LogP contribution in [-0.2, 0) is 28.4 Å². The monoisotopic (exact) mass is 550 g/mol. The number of hydrogen-bond acceptors (Lipinski definition) is 6. The van der Waals surface area contributed by atoms with E-state index in [0.717, 1.165) is 17.8 Å². The first-order valence-electron chi connectivity index (χ1n) is 11.5. The van der Waals surface area contributed by atoms with Crippen molar-refractivity contribution in [3.05, 3.63) is 45.9 Å². The summed E-state index contributed by atoms with van der Waals surface area (Å²) in [6.07, 6.45) is -6.77. The van der Waals surface area contributed by atoms with Gasteiger partial charge in [-0.05, 0) is 61.3 Å². The molecule has 2 saturated heterocycles. The molecule has 0 aromatic heterocycles. The Balaban J connectivity index is 1.43. The van der Waals surface area contributed by atoms with E-state index in [-0.39, 0.29) is 36.7 Å². The summed E-state index contributed by atoms with van der Waals surface area (Å²) in [5.41, 5.74) is 2.53. The Morgan fingerprint density at radius 2 is 1.84 bits per heavy atom. The molecule has 1 aromatic rings. The number of allylic oxidation sites excluding steroid dienone is 1. The van der Waals surface area contributed by atoms with E-state index in [9.17, 15) is 35.9 Å². The topological polar surface area (TPSA) is 88.2 Å². The van der Waals surface area contributed by atoms with Gasteiger partial charge >= 0.3 is 17.6 Å². The van der Waals surface area contributed by atoms with Crippen molar-refractivity contribution >= 4 is 28.7 Å². The molecule has 14 heteroatoms. The Morgan fingerprint density at radius 3 is 2.38 bits per heavy atom. The van der Waals surface area contributed by atoms with E-state index in [4.69, 9.17) is 10.5 Å². The van der Waals surface area contributed by atoms with Crippen LogP contribution < -0.4 is 5.73 Å². The molecule has 37 heavy (non-hydrogen) atoms. The molecular weight excluding hydrogens is 526 g/mol. The summed E-state index contributed by atoms with van der Waals surface area (Å²) in [5.74, 6) is -0.213. The number of nitrogens with zero attached hydrogens (tertiary/aromatic N) is 3. The molecule has 0 radical (unpaired) electrons. The number of likely N-dealkylation sites (tertiary alicyclic amines) is 1. The maximum absolute atomic E-state index is 13.5. The van der Waals surface area contributed by atoms with Crippen molar-refractivity contribution in [3.63, 3.8) is 0 Å². The molecule has 2 fully saturated rings. The van der Waals surface area contributed by atoms with Crippen molar-refractivity contribution in [2.24, 2.45) is 16.6 Å². The minimum absolute atomic E-state index is 0.00221. The number of thioether (sulfide) groups is 1. The zero-order valence-electron chi connectivity index (χ0n) is 19.4. The molecule has 2 N–H and O–H groups in total. The number of aliphatic imine (C=N–C) groups is 1. The first-order valence-corrected chi connectivity index (χ1v) is 12.3. The van der Waals surface area contributed by atoms with Crippen LogP contribution in [0.5, 0.6) is 0 Å². The van der Waals surface area contributed by atoms with Gasteiger partial charge in [0.05, 0.1) is 41.8 Å². The number of amides is 2. The summed E-state index contributed by atoms with van der Waals surface area (Å²) >= 11 is 0.939. The van der Waals surface area contributed by atoms with E-state index >= 15 is 0 Å². The van der Waals surface area contributed by atoms with Crippen LogP contribution in [-0.4, -0.2) is 65.7 Å². The number of carbonyl (C=O) groups excluding carboxylic acids is 2. The number of nitrogens with two attached hydrogens (primary N) is 1. The maximum Gasteiger partial charge on any atom is 0.416 e. The molecule has 2 amide bonds. The average Bonchev–Trinajstić information content (AvgIpc) is 3.11. The smallest absolute Gasteiger partial charge is 0.377 e. The summed E-state index contributed by atoms with van der Waals surface area (Å²) in [6, 6.07) is 1.59. The number of piperidine rings is 1. The van der Waals surface area contributed by atoms with Crippen LogP contribution in [0.15, 0.2) is 34.2 Å². The molecule has 202 valence electrons. The highest BCUT2D eigenvalue weighted by Gasteiger charge is 2.39. The van der Waals surface area contributed by atoms with Crippen molar-refractivity contribution in [2.75, 3.05) is 32.8 Å². The molecular formula is C23H24F6N4O3S. The molecule has 3 heterocycles. The van der Waals surface area contributed by atoms with Gasteiger partial charge < -0.3 is 15.4 Å². The lowest BCUT2D eigenvalue weighted by Gasteiger charge is -2.38. The summed E-state index contributed by atoms with van der Waals surface area (Å²) < 4.78 is 84.5. The second-order valence-corrected chi connectivity index (χ2v) is 10.1. The van der Waals surface area contributed by atoms with Crippen molar-refractivity contribution in [2.45, 2.75) is 37.8 Å². The van der Waals surface area contributed by atoms with Gasteiger partial charge in [-0.15, -0.1) is 0 Å². The van der Waals surface area contributed by atoms with Gasteiger partial charge in [0.15, 0.2) is 0 Å². The van der Waals surface area contributed by atoms with Crippen LogP contribution in [0, 0.1) is 5.92 Å². The molecule has 4 rings (SSSR count). The Hall–Kier alpha value is -2.58. The quantitative estimate of drug-likeness (QED) is 0.533. The second-order valence-electron chi connectivity index (χ2n) is 9.10. The van der Waals surface area contributed by atoms with Gasteiger partial charge in [-0.1, -0.05) is 12.1 Å². The number of ether oxygens (including phenoxy) is 1. The first-order chi connectivity index (χ1) is 17.3. The third-order valence-corrected chi connectivity index (χ3v) is 7.23. The molecule has 0 unspecified atom stereocenters. The van der Waals surface area contributed by atoms with E-state index in [1.807, 2.05) is 6.08 Å². The highest BCUT2D eigenvalue weighted by Crippen LogP contribution is 2.38. The predicted molar refractivity (Wildman–Crippen MR) is 123 cm³/mol. The zero-order chi connectivity index (χ0) is 27.0. The highest BCUT2D eigenvalue weighted by molar-refractivity contribution is 8.18. The van der Waals surface area contributed by atoms with Crippen molar-refractivity contribution in [1.82, 2.24) is 9.80 Å². The summed E-state index contributed by atoms with van der Waals surface area (Å²) in [4.78, 5) is 31.7. The van der Waals surface area contributed by atoms with Gasteiger partial charge in [0, 0.05) is 6.54 Å². The van der Waals surface area contributed by atoms with Crippen LogP contribution in [0.1, 0.15) is 29.5 Å². The minimum Gasteiger partial charge on any atom is -0.377 e. The fraction of sp³-hybridized carbons (Fsp3) is 0.522. The third-order valence-electron chi connectivity index (χ3n) is 6.43. The lowest BCUT2D eigenvalue weighted by atomic mass is 9.95. The molecule has 0 spiro atoms. The number of halogens is 6. The molecule has 0 aliphatic carbocycles. The molecule has 7 nitrogen and oxygen atoms in total. The van der Waals surface area contributed by atoms with E-state index in [2.05, 4.69) is 4.99 Å². The third kappa shape index (κ3) is 6.65. The molecule has 3 aliphatic rings. The van der Waals surface area contributed by atoms with Crippen LogP contribution in [0.25, 0.3) is 0 Å². The summed E-state index contributed by atoms with van der Waals surface area (Å²) in [6.45, 7) is 1.33. The van der Waals surface area contributed by atoms with Crippen molar-refractivity contribution in [1.29, 1.82) is 0 Å². The van der Waals surface area contributed by atoms with Gasteiger partial charge in [-0.3, -0.25) is 14.5 Å². The number of hydrogen-bond donors (Lipinski definition) is 1. The van der Waals surface area contributed by atoms with Crippen LogP contribution >= 0.6 is 11.8 Å². The number of amidine groups is 1. The van der Waals surface area contributed by atoms with Gasteiger partial charge in [0.1, 0.15) is 5.84 Å². The molecule has 1 aromatic carbocycles. The normalized spacial score (nSPS) is 21.3. The lowest BCUT2D eigenvalue weighted by Crippen LogP contribution is -2.54. The Kier molecular flexibility index (Phi) is 7.91. The Bertz CT molecular complexity index is 1110. The minimum atomic E-state index is -4.91. The van der Waals surface area contributed by atoms with Crippen LogP contribution in [0.3, 0.4) is 0 Å². The van der Waals surface area contributed by atoms with Crippen molar-refractivity contribution < 1.29 is 40.7 Å². The maximum atomic E-state index is 13.5. The van der Waals surface area contributed by atoms with E-state index < -0.39 is 34.6 Å². The van der Waals surface area contributed by atoms with E-state index in [0.29, 0.717) is 56.0 Å². The van der Waals surface area contributed by atoms with Gasteiger partial charge in [-0.25, -0.2) is 0 Å². The molecule has 0 saturated carbocycles. The highest BCUT2D eigenvalue weighted by atomic mass is 32.2. The fourth-order valence-corrected chi connectivity index (χ4v) is 5.29. The average molecular weight is 551 g/mol. The SMILES string of the molecule is NC(=O)CN(C1=NC(=O)S/C1=C\C1CCN(Cc2ccc(C(F)(F)F)cc2C(F)(F)F)CC1)C1COC1. The Morgan fingerprint density at radius 1 is 1.16 bits per heavy atom. The van der Waals surface area contributed by atoms with Crippen LogP contribution in [0.2, 0.25) is 0 Å². The van der Waals surface area contributed by atoms with Gasteiger partial charge in [-0.2, -0.15) is 31.3 Å². The van der Waals surface area contributed by atoms with Gasteiger partial charge in [0.2, 0.25) is 5.91 Å². The summed E-state index contributed by atoms with van der Waals surface area (Å²) in [5, 5.41) is -0.421. The van der Waals surface area contributed by atoms with Crippen molar-refractivity contribution in [3.8, 4) is 0 Å². The number of alkyl halides is 6. The Labute approximate surface area is 212 Å². The fourth-order valence-electron chi connectivity index (χ4n) is 4.45.